The number of carbonyl (C=O) groups excluding carboxylic acids is 1. The second-order valence-corrected chi connectivity index (χ2v) is 3.07. The van der Waals surface area contributed by atoms with E-state index in [9.17, 15) is 4.79 Å². The van der Waals surface area contributed by atoms with Gasteiger partial charge in [-0.15, -0.1) is 0 Å². The Morgan fingerprint density at radius 1 is 1.75 bits per heavy atom. The van der Waals surface area contributed by atoms with Crippen molar-refractivity contribution in [1.29, 1.82) is 0 Å². The Morgan fingerprint density at radius 2 is 2.42 bits per heavy atom. The molecule has 0 saturated carbocycles. The van der Waals surface area contributed by atoms with Gasteiger partial charge in [0.15, 0.2) is 6.10 Å². The fourth-order valence-corrected chi connectivity index (χ4v) is 1.38. The third-order valence-electron chi connectivity index (χ3n) is 1.87. The summed E-state index contributed by atoms with van der Waals surface area (Å²) in [6.07, 6.45) is 2.27. The number of methoxy groups -OCH3 is 1. The number of ether oxygens (including phenoxy) is 2. The van der Waals surface area contributed by atoms with Crippen LogP contribution in [-0.2, 0) is 14.3 Å². The van der Waals surface area contributed by atoms with Gasteiger partial charge in [-0.25, -0.2) is 4.79 Å². The fraction of sp³-hybridized carbons (Fsp3) is 0.667. The smallest absolute Gasteiger partial charge is 0.335 e. The molecule has 0 aliphatic carbocycles. The van der Waals surface area contributed by atoms with E-state index in [1.54, 1.807) is 0 Å². The van der Waals surface area contributed by atoms with Gasteiger partial charge in [-0.05, 0) is 13.8 Å². The zero-order valence-electron chi connectivity index (χ0n) is 7.66. The quantitative estimate of drug-likeness (QED) is 0.439. The van der Waals surface area contributed by atoms with Crippen molar-refractivity contribution in [2.45, 2.75) is 32.5 Å². The monoisotopic (exact) mass is 170 g/mol. The van der Waals surface area contributed by atoms with Crippen molar-refractivity contribution < 1.29 is 14.3 Å². The van der Waals surface area contributed by atoms with E-state index in [1.807, 2.05) is 19.9 Å². The Kier molecular flexibility index (Phi) is 2.87. The Morgan fingerprint density at radius 3 is 2.92 bits per heavy atom. The number of carbonyl (C=O) groups is 1. The van der Waals surface area contributed by atoms with E-state index in [1.165, 1.54) is 12.7 Å². The van der Waals surface area contributed by atoms with E-state index in [-0.39, 0.29) is 12.1 Å². The lowest BCUT2D eigenvalue weighted by Gasteiger charge is -2.24. The molecular weight excluding hydrogens is 156 g/mol. The maximum absolute atomic E-state index is 11.1. The first-order chi connectivity index (χ1) is 5.63. The van der Waals surface area contributed by atoms with Crippen molar-refractivity contribution >= 4 is 5.97 Å². The Hall–Kier alpha value is -0.830. The molecule has 0 fully saturated rings. The summed E-state index contributed by atoms with van der Waals surface area (Å²) in [5, 5.41) is 0. The molecule has 2 atom stereocenters. The highest BCUT2D eigenvalue weighted by atomic mass is 16.6. The van der Waals surface area contributed by atoms with Crippen molar-refractivity contribution in [3.05, 3.63) is 11.6 Å². The van der Waals surface area contributed by atoms with Crippen molar-refractivity contribution in [2.75, 3.05) is 7.11 Å². The van der Waals surface area contributed by atoms with Crippen molar-refractivity contribution in [1.82, 2.24) is 0 Å². The second kappa shape index (κ2) is 3.72. The largest absolute Gasteiger partial charge is 0.467 e. The predicted molar refractivity (Wildman–Crippen MR) is 44.7 cm³/mol. The summed E-state index contributed by atoms with van der Waals surface area (Å²) in [6.45, 7) is 3.91. The van der Waals surface area contributed by atoms with Crippen molar-refractivity contribution in [2.24, 2.45) is 0 Å². The summed E-state index contributed by atoms with van der Waals surface area (Å²) < 4.78 is 9.95. The van der Waals surface area contributed by atoms with Crippen LogP contribution in [0, 0.1) is 0 Å². The predicted octanol–water partition coefficient (Wildman–Crippen LogP) is 1.28. The first-order valence-electron chi connectivity index (χ1n) is 4.04. The lowest BCUT2D eigenvalue weighted by molar-refractivity contribution is -0.156. The van der Waals surface area contributed by atoms with E-state index in [4.69, 9.17) is 4.74 Å². The number of esters is 1. The minimum absolute atomic E-state index is 0.0165. The molecule has 0 N–H and O–H groups in total. The topological polar surface area (TPSA) is 35.5 Å². The molecule has 68 valence electrons. The van der Waals surface area contributed by atoms with E-state index < -0.39 is 6.10 Å². The van der Waals surface area contributed by atoms with E-state index in [0.29, 0.717) is 6.42 Å². The number of hydrogen-bond donors (Lipinski definition) is 0. The Labute approximate surface area is 72.4 Å². The van der Waals surface area contributed by atoms with Gasteiger partial charge in [0, 0.05) is 6.42 Å². The lowest BCUT2D eigenvalue weighted by Crippen LogP contribution is -2.32. The molecule has 0 saturated heterocycles. The highest BCUT2D eigenvalue weighted by Gasteiger charge is 2.25. The van der Waals surface area contributed by atoms with Crippen LogP contribution >= 0.6 is 0 Å². The molecule has 1 rings (SSSR count). The SMILES string of the molecule is COC(=O)[C@@H]1CC(C)=C[C@H](C)O1. The molecule has 12 heavy (non-hydrogen) atoms. The molecule has 0 radical (unpaired) electrons. The van der Waals surface area contributed by atoms with E-state index in [2.05, 4.69) is 4.74 Å². The molecule has 1 heterocycles. The molecule has 0 aromatic carbocycles. The van der Waals surface area contributed by atoms with Crippen LogP contribution in [-0.4, -0.2) is 25.3 Å². The maximum Gasteiger partial charge on any atom is 0.335 e. The van der Waals surface area contributed by atoms with Gasteiger partial charge in [-0.1, -0.05) is 11.6 Å². The highest BCUT2D eigenvalue weighted by molar-refractivity contribution is 5.75. The maximum atomic E-state index is 11.1. The molecule has 3 nitrogen and oxygen atoms in total. The third-order valence-corrected chi connectivity index (χ3v) is 1.87. The molecule has 0 aromatic rings. The van der Waals surface area contributed by atoms with Crippen LogP contribution in [0.3, 0.4) is 0 Å². The van der Waals surface area contributed by atoms with Crippen LogP contribution in [0.2, 0.25) is 0 Å². The fourth-order valence-electron chi connectivity index (χ4n) is 1.38. The first-order valence-corrected chi connectivity index (χ1v) is 4.04. The molecule has 3 heteroatoms. The minimum Gasteiger partial charge on any atom is -0.467 e. The van der Waals surface area contributed by atoms with Gasteiger partial charge >= 0.3 is 5.97 Å². The molecule has 1 aliphatic heterocycles. The van der Waals surface area contributed by atoms with E-state index in [0.717, 1.165) is 0 Å². The number of hydrogen-bond acceptors (Lipinski definition) is 3. The second-order valence-electron chi connectivity index (χ2n) is 3.07. The summed E-state index contributed by atoms with van der Waals surface area (Å²) in [5.41, 5.74) is 1.18. The average molecular weight is 170 g/mol. The van der Waals surface area contributed by atoms with Gasteiger partial charge in [-0.3, -0.25) is 0 Å². The van der Waals surface area contributed by atoms with E-state index >= 15 is 0 Å². The van der Waals surface area contributed by atoms with Gasteiger partial charge in [0.1, 0.15) is 0 Å². The first kappa shape index (κ1) is 9.26. The average Bonchev–Trinajstić information content (AvgIpc) is 2.01. The molecule has 0 bridgehead atoms. The summed E-state index contributed by atoms with van der Waals surface area (Å²) in [4.78, 5) is 11.1. The zero-order valence-corrected chi connectivity index (χ0v) is 7.66. The van der Waals surface area contributed by atoms with Gasteiger partial charge < -0.3 is 9.47 Å². The normalized spacial score (nSPS) is 29.4. The molecule has 0 aromatic heterocycles. The van der Waals surface area contributed by atoms with Crippen LogP contribution in [0.25, 0.3) is 0 Å². The van der Waals surface area contributed by atoms with Crippen LogP contribution in [0.5, 0.6) is 0 Å². The van der Waals surface area contributed by atoms with Crippen LogP contribution in [0.15, 0.2) is 11.6 Å². The Bertz CT molecular complexity index is 208. The van der Waals surface area contributed by atoms with Crippen LogP contribution in [0.1, 0.15) is 20.3 Å². The number of rotatable bonds is 1. The van der Waals surface area contributed by atoms with Crippen LogP contribution in [0.4, 0.5) is 0 Å². The van der Waals surface area contributed by atoms with Gasteiger partial charge in [0.2, 0.25) is 0 Å². The van der Waals surface area contributed by atoms with Crippen molar-refractivity contribution in [3.8, 4) is 0 Å². The summed E-state index contributed by atoms with van der Waals surface area (Å²) >= 11 is 0. The highest BCUT2D eigenvalue weighted by Crippen LogP contribution is 2.18. The molecular formula is C9H14O3. The summed E-state index contributed by atoms with van der Waals surface area (Å²) in [5.74, 6) is -0.283. The van der Waals surface area contributed by atoms with Gasteiger partial charge in [-0.2, -0.15) is 0 Å². The lowest BCUT2D eigenvalue weighted by atomic mass is 10.0. The standard InChI is InChI=1S/C9H14O3/c1-6-4-7(2)12-8(5-6)9(10)11-3/h4,7-8H,5H2,1-3H3/t7-,8-/m0/s1. The third kappa shape index (κ3) is 2.08. The summed E-state index contributed by atoms with van der Waals surface area (Å²) in [7, 11) is 1.38. The van der Waals surface area contributed by atoms with Gasteiger partial charge in [0.25, 0.3) is 0 Å². The molecule has 1 aliphatic rings. The molecule has 0 amide bonds. The molecule has 0 spiro atoms. The Balaban J connectivity index is 2.61. The van der Waals surface area contributed by atoms with Crippen LogP contribution < -0.4 is 0 Å². The summed E-state index contributed by atoms with van der Waals surface area (Å²) in [6, 6.07) is 0. The van der Waals surface area contributed by atoms with Crippen molar-refractivity contribution in [3.63, 3.8) is 0 Å². The molecule has 0 unspecified atom stereocenters. The minimum atomic E-state index is -0.407. The van der Waals surface area contributed by atoms with Gasteiger partial charge in [0.05, 0.1) is 13.2 Å². The zero-order chi connectivity index (χ0) is 9.14.